The van der Waals surface area contributed by atoms with Crippen molar-refractivity contribution in [2.24, 2.45) is 0 Å². The number of anilines is 2. The molecule has 4 heteroatoms. The van der Waals surface area contributed by atoms with E-state index in [1.807, 2.05) is 31.1 Å². The molecule has 0 aliphatic carbocycles. The summed E-state index contributed by atoms with van der Waals surface area (Å²) in [6.45, 7) is 0. The highest BCUT2D eigenvalue weighted by atomic mass is 16.1. The van der Waals surface area contributed by atoms with Crippen molar-refractivity contribution in [3.05, 3.63) is 54.4 Å². The van der Waals surface area contributed by atoms with Crippen molar-refractivity contribution in [2.45, 2.75) is 0 Å². The Balaban J connectivity index is 2.10. The lowest BCUT2D eigenvalue weighted by Gasteiger charge is -2.12. The Labute approximate surface area is 106 Å². The summed E-state index contributed by atoms with van der Waals surface area (Å²) in [5.41, 5.74) is 2.39. The zero-order valence-corrected chi connectivity index (χ0v) is 10.4. The van der Waals surface area contributed by atoms with Gasteiger partial charge >= 0.3 is 0 Å². The van der Waals surface area contributed by atoms with Gasteiger partial charge in [-0.3, -0.25) is 9.78 Å². The van der Waals surface area contributed by atoms with Crippen molar-refractivity contribution in [1.82, 2.24) is 4.98 Å². The maximum absolute atomic E-state index is 11.9. The molecule has 2 aromatic rings. The van der Waals surface area contributed by atoms with Gasteiger partial charge in [0, 0.05) is 31.5 Å². The van der Waals surface area contributed by atoms with Crippen LogP contribution in [-0.4, -0.2) is 25.0 Å². The van der Waals surface area contributed by atoms with E-state index < -0.39 is 0 Å². The van der Waals surface area contributed by atoms with E-state index in [0.29, 0.717) is 11.3 Å². The average molecular weight is 241 g/mol. The Morgan fingerprint density at radius 2 is 1.89 bits per heavy atom. The molecule has 1 N–H and O–H groups in total. The molecule has 0 saturated heterocycles. The van der Waals surface area contributed by atoms with Crippen molar-refractivity contribution >= 4 is 17.3 Å². The second-order valence-electron chi connectivity index (χ2n) is 4.14. The number of rotatable bonds is 3. The van der Waals surface area contributed by atoms with Crippen molar-refractivity contribution in [2.75, 3.05) is 24.3 Å². The monoisotopic (exact) mass is 241 g/mol. The molecule has 0 bridgehead atoms. The van der Waals surface area contributed by atoms with Crippen LogP contribution in [0.3, 0.4) is 0 Å². The van der Waals surface area contributed by atoms with Gasteiger partial charge in [0.05, 0.1) is 11.9 Å². The molecule has 0 aliphatic heterocycles. The zero-order valence-electron chi connectivity index (χ0n) is 10.4. The molecule has 0 unspecified atom stereocenters. The quantitative estimate of drug-likeness (QED) is 0.897. The lowest BCUT2D eigenvalue weighted by Crippen LogP contribution is -2.13. The maximum Gasteiger partial charge on any atom is 0.255 e. The average Bonchev–Trinajstić information content (AvgIpc) is 2.40. The molecule has 92 valence electrons. The van der Waals surface area contributed by atoms with Crippen LogP contribution >= 0.6 is 0 Å². The number of amides is 1. The van der Waals surface area contributed by atoms with Crippen LogP contribution in [0.5, 0.6) is 0 Å². The third-order valence-corrected chi connectivity index (χ3v) is 2.57. The first-order chi connectivity index (χ1) is 8.66. The minimum absolute atomic E-state index is 0.131. The Morgan fingerprint density at radius 1 is 1.17 bits per heavy atom. The second-order valence-corrected chi connectivity index (χ2v) is 4.14. The first-order valence-electron chi connectivity index (χ1n) is 5.65. The lowest BCUT2D eigenvalue weighted by atomic mass is 10.2. The summed E-state index contributed by atoms with van der Waals surface area (Å²) in [4.78, 5) is 17.9. The fraction of sp³-hybridized carbons (Fsp3) is 0.143. The first kappa shape index (κ1) is 12.1. The molecule has 1 aromatic heterocycles. The fourth-order valence-electron chi connectivity index (χ4n) is 1.55. The number of nitrogens with zero attached hydrogens (tertiary/aromatic N) is 2. The van der Waals surface area contributed by atoms with Gasteiger partial charge in [0.25, 0.3) is 5.91 Å². The molecule has 0 radical (unpaired) electrons. The number of pyridine rings is 1. The Kier molecular flexibility index (Phi) is 3.57. The van der Waals surface area contributed by atoms with Gasteiger partial charge < -0.3 is 10.2 Å². The van der Waals surface area contributed by atoms with Gasteiger partial charge in [0.1, 0.15) is 0 Å². The number of nitrogens with one attached hydrogen (secondary N) is 1. The van der Waals surface area contributed by atoms with Gasteiger partial charge in [0.15, 0.2) is 0 Å². The van der Waals surface area contributed by atoms with E-state index in [-0.39, 0.29) is 5.91 Å². The molecule has 18 heavy (non-hydrogen) atoms. The van der Waals surface area contributed by atoms with Crippen molar-refractivity contribution in [3.8, 4) is 0 Å². The first-order valence-corrected chi connectivity index (χ1v) is 5.65. The molecule has 1 heterocycles. The van der Waals surface area contributed by atoms with Crippen LogP contribution in [0.25, 0.3) is 0 Å². The van der Waals surface area contributed by atoms with Crippen LogP contribution in [0.1, 0.15) is 10.4 Å². The predicted molar refractivity (Wildman–Crippen MR) is 73.0 cm³/mol. The fourth-order valence-corrected chi connectivity index (χ4v) is 1.55. The van der Waals surface area contributed by atoms with Crippen molar-refractivity contribution in [3.63, 3.8) is 0 Å². The Bertz CT molecular complexity index is 520. The summed E-state index contributed by atoms with van der Waals surface area (Å²) in [5.74, 6) is -0.131. The van der Waals surface area contributed by atoms with Crippen molar-refractivity contribution in [1.29, 1.82) is 0 Å². The molecule has 0 saturated carbocycles. The smallest absolute Gasteiger partial charge is 0.255 e. The van der Waals surface area contributed by atoms with Crippen LogP contribution in [0.2, 0.25) is 0 Å². The van der Waals surface area contributed by atoms with E-state index >= 15 is 0 Å². The molecular formula is C14H15N3O. The molecule has 0 fully saturated rings. The summed E-state index contributed by atoms with van der Waals surface area (Å²) >= 11 is 0. The van der Waals surface area contributed by atoms with E-state index in [1.54, 1.807) is 36.7 Å². The summed E-state index contributed by atoms with van der Waals surface area (Å²) in [7, 11) is 3.93. The van der Waals surface area contributed by atoms with E-state index in [4.69, 9.17) is 0 Å². The summed E-state index contributed by atoms with van der Waals surface area (Å²) in [5, 5.41) is 2.79. The Hall–Kier alpha value is -2.36. The number of carbonyl (C=O) groups is 1. The number of aromatic nitrogens is 1. The maximum atomic E-state index is 11.9. The number of benzene rings is 1. The van der Waals surface area contributed by atoms with Crippen LogP contribution in [0.4, 0.5) is 11.4 Å². The summed E-state index contributed by atoms with van der Waals surface area (Å²) in [6, 6.07) is 11.0. The third-order valence-electron chi connectivity index (χ3n) is 2.57. The standard InChI is InChI=1S/C14H15N3O/c1-17(2)13-7-5-11(6-8-13)14(18)16-12-4-3-9-15-10-12/h3-10H,1-2H3,(H,16,18). The van der Waals surface area contributed by atoms with Gasteiger partial charge in [0.2, 0.25) is 0 Å². The minimum Gasteiger partial charge on any atom is -0.378 e. The van der Waals surface area contributed by atoms with Gasteiger partial charge in [-0.2, -0.15) is 0 Å². The van der Waals surface area contributed by atoms with Gasteiger partial charge in [-0.15, -0.1) is 0 Å². The summed E-state index contributed by atoms with van der Waals surface area (Å²) in [6.07, 6.45) is 3.29. The molecule has 0 aliphatic rings. The highest BCUT2D eigenvalue weighted by Crippen LogP contribution is 2.13. The van der Waals surface area contributed by atoms with Crippen LogP contribution in [0.15, 0.2) is 48.8 Å². The lowest BCUT2D eigenvalue weighted by molar-refractivity contribution is 0.102. The number of hydrogen-bond acceptors (Lipinski definition) is 3. The van der Waals surface area contributed by atoms with Crippen molar-refractivity contribution < 1.29 is 4.79 Å². The highest BCUT2D eigenvalue weighted by Gasteiger charge is 2.06. The van der Waals surface area contributed by atoms with Gasteiger partial charge in [-0.05, 0) is 36.4 Å². The molecular weight excluding hydrogens is 226 g/mol. The van der Waals surface area contributed by atoms with Gasteiger partial charge in [-0.25, -0.2) is 0 Å². The summed E-state index contributed by atoms with van der Waals surface area (Å²) < 4.78 is 0. The van der Waals surface area contributed by atoms with E-state index in [2.05, 4.69) is 10.3 Å². The van der Waals surface area contributed by atoms with Crippen LogP contribution in [0, 0.1) is 0 Å². The SMILES string of the molecule is CN(C)c1ccc(C(=O)Nc2cccnc2)cc1. The largest absolute Gasteiger partial charge is 0.378 e. The molecule has 0 atom stereocenters. The number of carbonyl (C=O) groups excluding carboxylic acids is 1. The molecule has 4 nitrogen and oxygen atoms in total. The van der Waals surface area contributed by atoms with Crippen LogP contribution in [-0.2, 0) is 0 Å². The van der Waals surface area contributed by atoms with E-state index in [0.717, 1.165) is 5.69 Å². The molecule has 2 rings (SSSR count). The molecule has 0 spiro atoms. The van der Waals surface area contributed by atoms with Crippen LogP contribution < -0.4 is 10.2 Å². The Morgan fingerprint density at radius 3 is 2.44 bits per heavy atom. The topological polar surface area (TPSA) is 45.2 Å². The minimum atomic E-state index is -0.131. The molecule has 1 aromatic carbocycles. The van der Waals surface area contributed by atoms with Gasteiger partial charge in [-0.1, -0.05) is 0 Å². The van der Waals surface area contributed by atoms with E-state index in [9.17, 15) is 4.79 Å². The predicted octanol–water partition coefficient (Wildman–Crippen LogP) is 2.40. The molecule has 1 amide bonds. The van der Waals surface area contributed by atoms with E-state index in [1.165, 1.54) is 0 Å². The second kappa shape index (κ2) is 5.31. The third kappa shape index (κ3) is 2.85. The number of hydrogen-bond donors (Lipinski definition) is 1. The normalized spacial score (nSPS) is 9.89. The highest BCUT2D eigenvalue weighted by molar-refractivity contribution is 6.04. The zero-order chi connectivity index (χ0) is 13.0.